The minimum absolute atomic E-state index is 0.177. The predicted molar refractivity (Wildman–Crippen MR) is 118 cm³/mol. The number of aryl methyl sites for hydroxylation is 2. The smallest absolute Gasteiger partial charge is 0.263 e. The molecule has 9 heteroatoms. The van der Waals surface area contributed by atoms with Crippen LogP contribution in [-0.4, -0.2) is 23.2 Å². The van der Waals surface area contributed by atoms with Crippen LogP contribution in [0.2, 0.25) is 5.02 Å². The van der Waals surface area contributed by atoms with Gasteiger partial charge in [-0.15, -0.1) is 10.2 Å². The molecule has 0 unspecified atom stereocenters. The van der Waals surface area contributed by atoms with E-state index >= 15 is 0 Å². The molecule has 2 aromatic carbocycles. The number of sulfonamides is 1. The number of hydrogen-bond acceptors (Lipinski definition) is 4. The van der Waals surface area contributed by atoms with E-state index in [9.17, 15) is 8.42 Å². The van der Waals surface area contributed by atoms with E-state index in [0.29, 0.717) is 26.6 Å². The number of nitrogens with one attached hydrogen (secondary N) is 1. The second kappa shape index (κ2) is 8.08. The van der Waals surface area contributed by atoms with E-state index in [4.69, 9.17) is 11.6 Å². The third-order valence-corrected chi connectivity index (χ3v) is 7.63. The van der Waals surface area contributed by atoms with Gasteiger partial charge < -0.3 is 4.57 Å². The van der Waals surface area contributed by atoms with Crippen LogP contribution in [0.5, 0.6) is 0 Å². The Labute approximate surface area is 183 Å². The molecule has 2 heterocycles. The van der Waals surface area contributed by atoms with Crippen LogP contribution in [0.3, 0.4) is 0 Å². The van der Waals surface area contributed by atoms with Gasteiger partial charge in [-0.3, -0.25) is 4.72 Å². The van der Waals surface area contributed by atoms with E-state index in [-0.39, 0.29) is 4.90 Å². The van der Waals surface area contributed by atoms with Gasteiger partial charge in [-0.1, -0.05) is 24.1 Å². The van der Waals surface area contributed by atoms with Gasteiger partial charge in [0.15, 0.2) is 5.82 Å². The first-order valence-electron chi connectivity index (χ1n) is 9.36. The molecule has 6 nitrogen and oxygen atoms in total. The molecule has 0 aliphatic carbocycles. The molecule has 0 saturated carbocycles. The zero-order valence-electron chi connectivity index (χ0n) is 15.8. The highest BCUT2D eigenvalue weighted by molar-refractivity contribution is 9.10. The Morgan fingerprint density at radius 2 is 1.93 bits per heavy atom. The first-order chi connectivity index (χ1) is 13.8. The fraction of sp³-hybridized carbons (Fsp3) is 0.300. The Balaban J connectivity index is 1.70. The lowest BCUT2D eigenvalue weighted by atomic mass is 10.2. The van der Waals surface area contributed by atoms with Gasteiger partial charge in [0.1, 0.15) is 10.7 Å². The summed E-state index contributed by atoms with van der Waals surface area (Å²) in [5.74, 6) is 1.62. The highest BCUT2D eigenvalue weighted by Crippen LogP contribution is 2.32. The van der Waals surface area contributed by atoms with Crippen LogP contribution in [0.25, 0.3) is 11.4 Å². The highest BCUT2D eigenvalue weighted by atomic mass is 79.9. The molecule has 1 N–H and O–H groups in total. The van der Waals surface area contributed by atoms with Crippen molar-refractivity contribution in [1.82, 2.24) is 14.8 Å². The predicted octanol–water partition coefficient (Wildman–Crippen LogP) is 5.20. The lowest BCUT2D eigenvalue weighted by Gasteiger charge is -2.13. The molecule has 0 saturated heterocycles. The highest BCUT2D eigenvalue weighted by Gasteiger charge is 2.21. The fourth-order valence-electron chi connectivity index (χ4n) is 3.48. The molecule has 29 heavy (non-hydrogen) atoms. The van der Waals surface area contributed by atoms with Crippen molar-refractivity contribution in [3.8, 4) is 11.4 Å². The summed E-state index contributed by atoms with van der Waals surface area (Å²) in [5, 5.41) is 9.15. The molecule has 1 aromatic heterocycles. The third-order valence-electron chi connectivity index (χ3n) is 4.95. The van der Waals surface area contributed by atoms with E-state index in [0.717, 1.165) is 43.6 Å². The van der Waals surface area contributed by atoms with Gasteiger partial charge in [-0.25, -0.2) is 8.42 Å². The zero-order valence-corrected chi connectivity index (χ0v) is 19.0. The summed E-state index contributed by atoms with van der Waals surface area (Å²) in [7, 11) is -3.77. The molecule has 4 rings (SSSR count). The molecule has 1 aliphatic rings. The van der Waals surface area contributed by atoms with Gasteiger partial charge in [0.2, 0.25) is 0 Å². The number of benzene rings is 2. The zero-order chi connectivity index (χ0) is 20.6. The molecule has 0 fully saturated rings. The Hall–Kier alpha value is -1.90. The van der Waals surface area contributed by atoms with Crippen molar-refractivity contribution in [3.05, 3.63) is 57.3 Å². The second-order valence-electron chi connectivity index (χ2n) is 7.14. The van der Waals surface area contributed by atoms with Crippen molar-refractivity contribution < 1.29 is 8.42 Å². The minimum Gasteiger partial charge on any atom is -0.311 e. The quantitative estimate of drug-likeness (QED) is 0.540. The van der Waals surface area contributed by atoms with E-state index in [2.05, 4.69) is 35.4 Å². The van der Waals surface area contributed by atoms with Crippen molar-refractivity contribution >= 4 is 43.2 Å². The minimum atomic E-state index is -3.77. The molecule has 1 aliphatic heterocycles. The SMILES string of the molecule is Cc1ccc(S(=O)(=O)Nc2ccc(Cl)c(-c3nnc4n3CCCCC4)c2)c(Br)c1. The molecule has 0 spiro atoms. The molecular formula is C20H20BrClN4O2S. The maximum Gasteiger partial charge on any atom is 0.263 e. The van der Waals surface area contributed by atoms with Crippen LogP contribution in [0.4, 0.5) is 5.69 Å². The number of nitrogens with zero attached hydrogens (tertiary/aromatic N) is 3. The maximum atomic E-state index is 12.9. The number of halogens is 2. The molecule has 0 amide bonds. The topological polar surface area (TPSA) is 76.9 Å². The van der Waals surface area contributed by atoms with Gasteiger partial charge in [-0.05, 0) is 71.6 Å². The summed E-state index contributed by atoms with van der Waals surface area (Å²) in [6.07, 6.45) is 4.20. The van der Waals surface area contributed by atoms with Crippen molar-refractivity contribution in [2.75, 3.05) is 4.72 Å². The second-order valence-corrected chi connectivity index (χ2v) is 10.0. The van der Waals surface area contributed by atoms with Crippen LogP contribution in [0, 0.1) is 6.92 Å². The lowest BCUT2D eigenvalue weighted by Crippen LogP contribution is -2.14. The average molecular weight is 496 g/mol. The molecule has 0 bridgehead atoms. The third kappa shape index (κ3) is 4.20. The molecule has 0 atom stereocenters. The Bertz CT molecular complexity index is 1180. The molecule has 152 valence electrons. The number of fused-ring (bicyclic) bond motifs is 1. The monoisotopic (exact) mass is 494 g/mol. The Morgan fingerprint density at radius 1 is 1.10 bits per heavy atom. The van der Waals surface area contributed by atoms with Gasteiger partial charge in [-0.2, -0.15) is 0 Å². The number of hydrogen-bond donors (Lipinski definition) is 1. The van der Waals surface area contributed by atoms with Gasteiger partial charge >= 0.3 is 0 Å². The van der Waals surface area contributed by atoms with Crippen LogP contribution in [-0.2, 0) is 23.0 Å². The largest absolute Gasteiger partial charge is 0.311 e. The first-order valence-corrected chi connectivity index (χ1v) is 12.0. The van der Waals surface area contributed by atoms with Crippen LogP contribution >= 0.6 is 27.5 Å². The fourth-order valence-corrected chi connectivity index (χ4v) is 5.92. The van der Waals surface area contributed by atoms with E-state index < -0.39 is 10.0 Å². The van der Waals surface area contributed by atoms with Gasteiger partial charge in [0.25, 0.3) is 10.0 Å². The van der Waals surface area contributed by atoms with E-state index in [1.54, 1.807) is 36.4 Å². The first kappa shape index (κ1) is 20.4. The summed E-state index contributed by atoms with van der Waals surface area (Å²) in [6, 6.07) is 10.1. The molecule has 3 aromatic rings. The summed E-state index contributed by atoms with van der Waals surface area (Å²) in [6.45, 7) is 2.74. The van der Waals surface area contributed by atoms with Crippen molar-refractivity contribution in [2.45, 2.75) is 44.0 Å². The lowest BCUT2D eigenvalue weighted by molar-refractivity contribution is 0.600. The number of aromatic nitrogens is 3. The van der Waals surface area contributed by atoms with Crippen molar-refractivity contribution in [3.63, 3.8) is 0 Å². The van der Waals surface area contributed by atoms with E-state index in [1.165, 1.54) is 0 Å². The van der Waals surface area contributed by atoms with Gasteiger partial charge in [0, 0.05) is 28.7 Å². The summed E-state index contributed by atoms with van der Waals surface area (Å²) in [4.78, 5) is 0.177. The normalized spacial score (nSPS) is 14.3. The standard InChI is InChI=1S/C20H20BrClN4O2S/c1-13-6-9-18(16(21)11-13)29(27,28)25-14-7-8-17(22)15(12-14)20-24-23-19-5-3-2-4-10-26(19)20/h6-9,11-12,25H,2-5,10H2,1H3. The van der Waals surface area contributed by atoms with Crippen LogP contribution in [0.15, 0.2) is 45.8 Å². The summed E-state index contributed by atoms with van der Waals surface area (Å²) >= 11 is 9.78. The van der Waals surface area contributed by atoms with Crippen molar-refractivity contribution in [1.29, 1.82) is 0 Å². The maximum absolute atomic E-state index is 12.9. The Kier molecular flexibility index (Phi) is 5.68. The molecular weight excluding hydrogens is 476 g/mol. The number of anilines is 1. The average Bonchev–Trinajstić information content (AvgIpc) is 2.90. The number of rotatable bonds is 4. The van der Waals surface area contributed by atoms with Crippen LogP contribution < -0.4 is 4.72 Å². The van der Waals surface area contributed by atoms with Gasteiger partial charge in [0.05, 0.1) is 5.02 Å². The molecule has 0 radical (unpaired) electrons. The van der Waals surface area contributed by atoms with Crippen molar-refractivity contribution in [2.24, 2.45) is 0 Å². The summed E-state index contributed by atoms with van der Waals surface area (Å²) in [5.41, 5.74) is 2.05. The van der Waals surface area contributed by atoms with Crippen LogP contribution in [0.1, 0.15) is 30.7 Å². The van der Waals surface area contributed by atoms with E-state index in [1.807, 2.05) is 6.92 Å². The Morgan fingerprint density at radius 3 is 2.72 bits per heavy atom. The summed E-state index contributed by atoms with van der Waals surface area (Å²) < 4.78 is 31.0.